The Balaban J connectivity index is 2.41. The molecule has 0 bridgehead atoms. The van der Waals surface area contributed by atoms with Crippen molar-refractivity contribution in [1.29, 1.82) is 0 Å². The van der Waals surface area contributed by atoms with E-state index in [1.54, 1.807) is 0 Å². The van der Waals surface area contributed by atoms with Crippen LogP contribution in [-0.2, 0) is 9.05 Å². The molecule has 0 aromatic carbocycles. The smallest absolute Gasteiger partial charge is 0.236 e. The second kappa shape index (κ2) is 4.64. The Morgan fingerprint density at radius 3 is 2.71 bits per heavy atom. The normalized spacial score (nSPS) is 24.0. The van der Waals surface area contributed by atoms with Crippen LogP contribution in [0.5, 0.6) is 0 Å². The molecular weight excluding hydrogens is 222 g/mol. The van der Waals surface area contributed by atoms with Gasteiger partial charge in [0.2, 0.25) is 9.05 Å². The largest absolute Gasteiger partial charge is 0.303 e. The van der Waals surface area contributed by atoms with Crippen LogP contribution in [0.2, 0.25) is 0 Å². The second-order valence-electron chi connectivity index (χ2n) is 3.91. The van der Waals surface area contributed by atoms with Gasteiger partial charge in [0.05, 0.1) is 5.75 Å². The summed E-state index contributed by atoms with van der Waals surface area (Å²) in [7, 11) is 3.78. The summed E-state index contributed by atoms with van der Waals surface area (Å²) in [5.41, 5.74) is 0.707. The van der Waals surface area contributed by atoms with Gasteiger partial charge in [-0.3, -0.25) is 0 Å². The zero-order valence-corrected chi connectivity index (χ0v) is 9.94. The molecule has 0 radical (unpaired) electrons. The summed E-state index contributed by atoms with van der Waals surface area (Å²) >= 11 is 0. The molecule has 0 spiro atoms. The Hall–Kier alpha value is -0.0600. The van der Waals surface area contributed by atoms with Crippen LogP contribution in [0, 0.1) is 0 Å². The molecule has 0 aromatic heterocycles. The first-order valence-corrected chi connectivity index (χ1v) is 7.15. The van der Waals surface area contributed by atoms with Gasteiger partial charge in [0.1, 0.15) is 0 Å². The number of hydrogen-bond acceptors (Lipinski definition) is 3. The molecule has 1 fully saturated rings. The van der Waals surface area contributed by atoms with Gasteiger partial charge in [-0.1, -0.05) is 12.2 Å². The van der Waals surface area contributed by atoms with Crippen molar-refractivity contribution >= 4 is 19.7 Å². The molecule has 0 N–H and O–H groups in total. The van der Waals surface area contributed by atoms with Crippen LogP contribution in [0.15, 0.2) is 12.2 Å². The van der Waals surface area contributed by atoms with Crippen molar-refractivity contribution in [3.63, 3.8) is 0 Å². The molecule has 0 saturated carbocycles. The predicted molar refractivity (Wildman–Crippen MR) is 59.0 cm³/mol. The van der Waals surface area contributed by atoms with Crippen molar-refractivity contribution in [1.82, 2.24) is 4.90 Å². The molecule has 1 heterocycles. The van der Waals surface area contributed by atoms with E-state index in [1.165, 1.54) is 6.42 Å². The minimum atomic E-state index is -3.43. The molecule has 1 rings (SSSR count). The first-order chi connectivity index (χ1) is 6.38. The predicted octanol–water partition coefficient (Wildman–Crippen LogP) is 1.60. The molecule has 1 atom stereocenters. The van der Waals surface area contributed by atoms with Crippen LogP contribution in [0.4, 0.5) is 0 Å². The van der Waals surface area contributed by atoms with Crippen molar-refractivity contribution in [2.45, 2.75) is 25.3 Å². The van der Waals surface area contributed by atoms with Gasteiger partial charge in [-0.15, -0.1) is 0 Å². The minimum Gasteiger partial charge on any atom is -0.303 e. The van der Waals surface area contributed by atoms with E-state index < -0.39 is 9.05 Å². The summed E-state index contributed by atoms with van der Waals surface area (Å²) in [5.74, 6) is -0.0983. The van der Waals surface area contributed by atoms with Crippen molar-refractivity contribution in [3.8, 4) is 0 Å². The Kier molecular flexibility index (Phi) is 3.98. The average Bonchev–Trinajstić information content (AvgIpc) is 2.32. The van der Waals surface area contributed by atoms with Crippen LogP contribution in [-0.4, -0.2) is 38.7 Å². The van der Waals surface area contributed by atoms with E-state index in [2.05, 4.69) is 18.5 Å². The number of rotatable bonds is 4. The molecule has 0 aromatic rings. The minimum absolute atomic E-state index is 0.0983. The Morgan fingerprint density at radius 1 is 1.64 bits per heavy atom. The van der Waals surface area contributed by atoms with Crippen LogP contribution < -0.4 is 0 Å². The summed E-state index contributed by atoms with van der Waals surface area (Å²) in [5, 5.41) is 0. The Morgan fingerprint density at radius 2 is 2.29 bits per heavy atom. The maximum atomic E-state index is 10.8. The van der Waals surface area contributed by atoms with E-state index in [9.17, 15) is 8.42 Å². The van der Waals surface area contributed by atoms with Gasteiger partial charge in [0, 0.05) is 16.7 Å². The van der Waals surface area contributed by atoms with Crippen molar-refractivity contribution in [3.05, 3.63) is 12.2 Å². The van der Waals surface area contributed by atoms with E-state index in [4.69, 9.17) is 10.7 Å². The highest BCUT2D eigenvalue weighted by molar-refractivity contribution is 8.13. The molecule has 82 valence electrons. The standard InChI is InChI=1S/C9H16ClNO2S/c1-8(7-14(10,12)13)6-9-4-3-5-11(9)2/h9H,1,3-7H2,2H3. The number of nitrogens with zero attached hydrogens (tertiary/aromatic N) is 1. The summed E-state index contributed by atoms with van der Waals surface area (Å²) < 4.78 is 21.6. The summed E-state index contributed by atoms with van der Waals surface area (Å²) in [6.45, 7) is 4.84. The van der Waals surface area contributed by atoms with Crippen molar-refractivity contribution in [2.75, 3.05) is 19.3 Å². The lowest BCUT2D eigenvalue weighted by molar-refractivity contribution is 0.309. The first-order valence-electron chi connectivity index (χ1n) is 4.68. The van der Waals surface area contributed by atoms with E-state index in [0.717, 1.165) is 19.4 Å². The molecule has 1 saturated heterocycles. The lowest BCUT2D eigenvalue weighted by atomic mass is 10.1. The lowest BCUT2D eigenvalue weighted by Gasteiger charge is -2.19. The second-order valence-corrected chi connectivity index (χ2v) is 6.69. The highest BCUT2D eigenvalue weighted by Crippen LogP contribution is 2.21. The maximum absolute atomic E-state index is 10.8. The Bertz CT molecular complexity index is 313. The fraction of sp³-hybridized carbons (Fsp3) is 0.778. The van der Waals surface area contributed by atoms with Gasteiger partial charge in [-0.05, 0) is 32.9 Å². The Labute approximate surface area is 90.2 Å². The van der Waals surface area contributed by atoms with Gasteiger partial charge in [-0.2, -0.15) is 0 Å². The maximum Gasteiger partial charge on any atom is 0.236 e. The van der Waals surface area contributed by atoms with E-state index in [0.29, 0.717) is 11.6 Å². The molecule has 5 heteroatoms. The highest BCUT2D eigenvalue weighted by atomic mass is 35.7. The third-order valence-corrected chi connectivity index (χ3v) is 3.65. The summed E-state index contributed by atoms with van der Waals surface area (Å²) in [6, 6.07) is 0.445. The van der Waals surface area contributed by atoms with Gasteiger partial charge in [0.15, 0.2) is 0 Å². The van der Waals surface area contributed by atoms with Crippen LogP contribution >= 0.6 is 10.7 Å². The van der Waals surface area contributed by atoms with Crippen LogP contribution in [0.3, 0.4) is 0 Å². The van der Waals surface area contributed by atoms with E-state index in [1.807, 2.05) is 0 Å². The molecule has 3 nitrogen and oxygen atoms in total. The molecule has 1 unspecified atom stereocenters. The van der Waals surface area contributed by atoms with Crippen LogP contribution in [0.25, 0.3) is 0 Å². The van der Waals surface area contributed by atoms with Crippen molar-refractivity contribution < 1.29 is 8.42 Å². The molecule has 14 heavy (non-hydrogen) atoms. The first kappa shape index (κ1) is 12.0. The topological polar surface area (TPSA) is 37.4 Å². The quantitative estimate of drug-likeness (QED) is 0.551. The fourth-order valence-corrected chi connectivity index (χ4v) is 2.94. The van der Waals surface area contributed by atoms with Gasteiger partial charge < -0.3 is 4.90 Å². The van der Waals surface area contributed by atoms with Gasteiger partial charge in [-0.25, -0.2) is 8.42 Å². The number of hydrogen-bond donors (Lipinski definition) is 0. The lowest BCUT2D eigenvalue weighted by Crippen LogP contribution is -2.25. The highest BCUT2D eigenvalue weighted by Gasteiger charge is 2.22. The third kappa shape index (κ3) is 3.98. The van der Waals surface area contributed by atoms with Crippen LogP contribution in [0.1, 0.15) is 19.3 Å². The number of halogens is 1. The van der Waals surface area contributed by atoms with E-state index >= 15 is 0 Å². The number of likely N-dealkylation sites (tertiary alicyclic amines) is 1. The molecule has 1 aliphatic rings. The molecular formula is C9H16ClNO2S. The molecule has 1 aliphatic heterocycles. The SMILES string of the molecule is C=C(CC1CCCN1C)CS(=O)(=O)Cl. The molecule has 0 amide bonds. The summed E-state index contributed by atoms with van der Waals surface area (Å²) in [6.07, 6.45) is 3.04. The monoisotopic (exact) mass is 237 g/mol. The average molecular weight is 238 g/mol. The zero-order valence-electron chi connectivity index (χ0n) is 8.37. The fourth-order valence-electron chi connectivity index (χ4n) is 1.87. The molecule has 0 aliphatic carbocycles. The van der Waals surface area contributed by atoms with Crippen molar-refractivity contribution in [2.24, 2.45) is 0 Å². The van der Waals surface area contributed by atoms with E-state index in [-0.39, 0.29) is 5.75 Å². The van der Waals surface area contributed by atoms with Gasteiger partial charge in [0.25, 0.3) is 0 Å². The zero-order chi connectivity index (χ0) is 10.8. The van der Waals surface area contributed by atoms with Gasteiger partial charge >= 0.3 is 0 Å². The summed E-state index contributed by atoms with van der Waals surface area (Å²) in [4.78, 5) is 2.24. The third-order valence-electron chi connectivity index (χ3n) is 2.57.